The lowest BCUT2D eigenvalue weighted by Crippen LogP contribution is -2.47. The Morgan fingerprint density at radius 3 is 2.50 bits per heavy atom. The second kappa shape index (κ2) is 4.00. The molecule has 1 spiro atoms. The van der Waals surface area contributed by atoms with E-state index in [9.17, 15) is 9.90 Å². The molecule has 3 aliphatic rings. The molecule has 3 fully saturated rings. The Hall–Kier alpha value is -0.570. The van der Waals surface area contributed by atoms with Crippen molar-refractivity contribution in [1.82, 2.24) is 0 Å². The van der Waals surface area contributed by atoms with Gasteiger partial charge in [0.05, 0.1) is 0 Å². The molecule has 2 bridgehead atoms. The molecule has 6 atom stereocenters. The van der Waals surface area contributed by atoms with E-state index >= 15 is 0 Å². The third kappa shape index (κ3) is 1.59. The first kappa shape index (κ1) is 14.4. The zero-order valence-electron chi connectivity index (χ0n) is 13.4. The van der Waals surface area contributed by atoms with Crippen molar-refractivity contribution in [2.45, 2.75) is 66.1 Å². The van der Waals surface area contributed by atoms with Crippen LogP contribution in [0.3, 0.4) is 0 Å². The van der Waals surface area contributed by atoms with Crippen LogP contribution in [0.4, 0.5) is 0 Å². The van der Waals surface area contributed by atoms with E-state index < -0.39 is 5.79 Å². The van der Waals surface area contributed by atoms with E-state index in [1.54, 1.807) is 0 Å². The van der Waals surface area contributed by atoms with E-state index in [4.69, 9.17) is 4.74 Å². The summed E-state index contributed by atoms with van der Waals surface area (Å²) >= 11 is 0. The molecule has 3 saturated carbocycles. The van der Waals surface area contributed by atoms with Gasteiger partial charge in [-0.1, -0.05) is 27.7 Å². The van der Waals surface area contributed by atoms with Gasteiger partial charge in [-0.25, -0.2) is 0 Å². The van der Waals surface area contributed by atoms with Gasteiger partial charge in [-0.15, -0.1) is 0 Å². The number of fused-ring (bicyclic) bond motifs is 1. The van der Waals surface area contributed by atoms with E-state index in [-0.39, 0.29) is 22.7 Å². The van der Waals surface area contributed by atoms with Crippen molar-refractivity contribution in [1.29, 1.82) is 0 Å². The number of esters is 1. The molecule has 0 aromatic carbocycles. The minimum atomic E-state index is -1.26. The lowest BCUT2D eigenvalue weighted by molar-refractivity contribution is -0.240. The number of ether oxygens (including phenoxy) is 1. The Kier molecular flexibility index (Phi) is 2.87. The molecule has 0 amide bonds. The molecule has 20 heavy (non-hydrogen) atoms. The van der Waals surface area contributed by atoms with Crippen LogP contribution in [-0.2, 0) is 9.53 Å². The minimum absolute atomic E-state index is 0.0326. The van der Waals surface area contributed by atoms with Gasteiger partial charge in [0.15, 0.2) is 0 Å². The Labute approximate surface area is 122 Å². The first-order valence-corrected chi connectivity index (χ1v) is 8.05. The van der Waals surface area contributed by atoms with Crippen LogP contribution in [0, 0.1) is 34.5 Å². The molecule has 0 saturated heterocycles. The Morgan fingerprint density at radius 2 is 1.90 bits per heavy atom. The predicted octanol–water partition coefficient (Wildman–Crippen LogP) is 3.36. The van der Waals surface area contributed by atoms with Crippen LogP contribution in [0.25, 0.3) is 0 Å². The second-order valence-electron chi connectivity index (χ2n) is 8.36. The Morgan fingerprint density at radius 1 is 1.25 bits per heavy atom. The largest absolute Gasteiger partial charge is 0.433 e. The van der Waals surface area contributed by atoms with E-state index in [0.717, 1.165) is 0 Å². The molecule has 0 heterocycles. The highest BCUT2D eigenvalue weighted by Crippen LogP contribution is 2.74. The van der Waals surface area contributed by atoms with Gasteiger partial charge in [-0.3, -0.25) is 4.79 Å². The smallest absolute Gasteiger partial charge is 0.305 e. The molecule has 3 aliphatic carbocycles. The maximum Gasteiger partial charge on any atom is 0.305 e. The first-order valence-electron chi connectivity index (χ1n) is 8.05. The fourth-order valence-electron chi connectivity index (χ4n) is 6.50. The monoisotopic (exact) mass is 280 g/mol. The number of hydrogen-bond acceptors (Lipinski definition) is 3. The van der Waals surface area contributed by atoms with Gasteiger partial charge in [0.2, 0.25) is 5.79 Å². The fraction of sp³-hybridized carbons (Fsp3) is 0.941. The van der Waals surface area contributed by atoms with Gasteiger partial charge >= 0.3 is 5.97 Å². The molecule has 0 aromatic rings. The molecule has 3 nitrogen and oxygen atoms in total. The van der Waals surface area contributed by atoms with Crippen molar-refractivity contribution in [3.63, 3.8) is 0 Å². The highest BCUT2D eigenvalue weighted by atomic mass is 16.7. The SMILES string of the molecule is CC(=O)OC1(O)C[C@@H](C)[C@]23CC[C@@H](C)[C@H](C2)C(C)(C)[C@H]13. The summed E-state index contributed by atoms with van der Waals surface area (Å²) in [7, 11) is 0. The quantitative estimate of drug-likeness (QED) is 0.592. The van der Waals surface area contributed by atoms with E-state index in [1.165, 1.54) is 26.2 Å². The lowest BCUT2D eigenvalue weighted by Gasteiger charge is -2.41. The summed E-state index contributed by atoms with van der Waals surface area (Å²) in [4.78, 5) is 11.5. The molecule has 3 rings (SSSR count). The lowest BCUT2D eigenvalue weighted by atomic mass is 9.66. The number of carbonyl (C=O) groups excluding carboxylic acids is 1. The molecule has 1 N–H and O–H groups in total. The zero-order chi connectivity index (χ0) is 14.9. The third-order valence-electron chi connectivity index (χ3n) is 6.98. The van der Waals surface area contributed by atoms with E-state index in [0.29, 0.717) is 24.2 Å². The molecular formula is C17H28O3. The van der Waals surface area contributed by atoms with Crippen molar-refractivity contribution < 1.29 is 14.6 Å². The van der Waals surface area contributed by atoms with Gasteiger partial charge in [0.1, 0.15) is 0 Å². The third-order valence-corrected chi connectivity index (χ3v) is 6.98. The molecule has 0 radical (unpaired) electrons. The number of aliphatic hydroxyl groups is 1. The molecule has 3 heteroatoms. The summed E-state index contributed by atoms with van der Waals surface area (Å²) < 4.78 is 5.47. The topological polar surface area (TPSA) is 46.5 Å². The number of rotatable bonds is 1. The van der Waals surface area contributed by atoms with Gasteiger partial charge in [-0.2, -0.15) is 0 Å². The Bertz CT molecular complexity index is 444. The second-order valence-corrected chi connectivity index (χ2v) is 8.36. The van der Waals surface area contributed by atoms with Gasteiger partial charge in [0, 0.05) is 19.3 Å². The maximum atomic E-state index is 11.5. The summed E-state index contributed by atoms with van der Waals surface area (Å²) in [5.74, 6) is 0.223. The maximum absolute atomic E-state index is 11.5. The summed E-state index contributed by atoms with van der Waals surface area (Å²) in [6, 6.07) is 0. The van der Waals surface area contributed by atoms with Crippen molar-refractivity contribution in [3.8, 4) is 0 Å². The zero-order valence-corrected chi connectivity index (χ0v) is 13.4. The summed E-state index contributed by atoms with van der Waals surface area (Å²) in [5.41, 5.74) is 0.204. The van der Waals surface area contributed by atoms with Crippen LogP contribution in [0.15, 0.2) is 0 Å². The molecule has 1 unspecified atom stereocenters. The predicted molar refractivity (Wildman–Crippen MR) is 76.7 cm³/mol. The van der Waals surface area contributed by atoms with E-state index in [2.05, 4.69) is 27.7 Å². The highest BCUT2D eigenvalue weighted by molar-refractivity contribution is 5.66. The van der Waals surface area contributed by atoms with Crippen LogP contribution >= 0.6 is 0 Å². The standard InChI is InChI=1S/C17H28O3/c1-10-6-7-16-9-13(10)15(4,5)14(16)17(19,8-11(16)2)20-12(3)18/h10-11,13-14,19H,6-9H2,1-5H3/t10-,11-,13+,14+,16+,17?/m1/s1. The number of carbonyl (C=O) groups is 1. The van der Waals surface area contributed by atoms with Crippen LogP contribution in [0.5, 0.6) is 0 Å². The van der Waals surface area contributed by atoms with Gasteiger partial charge < -0.3 is 9.84 Å². The molecule has 0 aromatic heterocycles. The molecule has 114 valence electrons. The molecule has 0 aliphatic heterocycles. The Balaban J connectivity index is 2.07. The van der Waals surface area contributed by atoms with Gasteiger partial charge in [-0.05, 0) is 47.8 Å². The number of hydrogen-bond donors (Lipinski definition) is 1. The average molecular weight is 280 g/mol. The average Bonchev–Trinajstić information content (AvgIpc) is 2.62. The van der Waals surface area contributed by atoms with E-state index in [1.807, 2.05) is 0 Å². The van der Waals surface area contributed by atoms with Crippen LogP contribution in [0.1, 0.15) is 60.3 Å². The highest BCUT2D eigenvalue weighted by Gasteiger charge is 2.73. The normalized spacial score (nSPS) is 52.7. The minimum Gasteiger partial charge on any atom is -0.433 e. The summed E-state index contributed by atoms with van der Waals surface area (Å²) in [5, 5.41) is 11.1. The van der Waals surface area contributed by atoms with Gasteiger partial charge in [0.25, 0.3) is 0 Å². The van der Waals surface area contributed by atoms with Crippen LogP contribution < -0.4 is 0 Å². The van der Waals surface area contributed by atoms with Crippen LogP contribution in [0.2, 0.25) is 0 Å². The fourth-order valence-corrected chi connectivity index (χ4v) is 6.50. The van der Waals surface area contributed by atoms with Crippen molar-refractivity contribution >= 4 is 5.97 Å². The summed E-state index contributed by atoms with van der Waals surface area (Å²) in [6.07, 6.45) is 4.20. The molecular weight excluding hydrogens is 252 g/mol. The van der Waals surface area contributed by atoms with Crippen molar-refractivity contribution in [2.75, 3.05) is 0 Å². The first-order chi connectivity index (χ1) is 9.13. The van der Waals surface area contributed by atoms with Crippen molar-refractivity contribution in [2.24, 2.45) is 34.5 Å². The van der Waals surface area contributed by atoms with Crippen LogP contribution in [-0.4, -0.2) is 16.9 Å². The van der Waals surface area contributed by atoms with Crippen molar-refractivity contribution in [3.05, 3.63) is 0 Å². The summed E-state index contributed by atoms with van der Waals surface area (Å²) in [6.45, 7) is 10.5.